The van der Waals surface area contributed by atoms with E-state index in [9.17, 15) is 9.59 Å². The molecule has 128 valence electrons. The van der Waals surface area contributed by atoms with Crippen LogP contribution in [-0.4, -0.2) is 30.7 Å². The first-order valence-electron chi connectivity index (χ1n) is 8.44. The molecule has 2 atom stereocenters. The molecule has 2 aliphatic rings. The number of hydrogen-bond acceptors (Lipinski definition) is 4. The molecule has 1 N–H and O–H groups in total. The van der Waals surface area contributed by atoms with Gasteiger partial charge in [-0.05, 0) is 36.8 Å². The van der Waals surface area contributed by atoms with E-state index in [0.717, 1.165) is 18.6 Å². The number of nitrogens with one attached hydrogen (secondary N) is 1. The SMILES string of the molecule is C[C@@H]1CCC[C@H](C)C1=NNC(=O)CN1C(=O)COc2ccccc21. The number of nitrogens with zero attached hydrogens (tertiary/aromatic N) is 2. The Morgan fingerprint density at radius 3 is 2.75 bits per heavy atom. The molecule has 1 aliphatic heterocycles. The molecule has 1 aromatic carbocycles. The summed E-state index contributed by atoms with van der Waals surface area (Å²) < 4.78 is 5.38. The van der Waals surface area contributed by atoms with E-state index in [0.29, 0.717) is 23.3 Å². The van der Waals surface area contributed by atoms with Gasteiger partial charge in [-0.2, -0.15) is 5.10 Å². The molecular formula is C18H23N3O3. The highest BCUT2D eigenvalue weighted by atomic mass is 16.5. The largest absolute Gasteiger partial charge is 0.482 e. The second-order valence-corrected chi connectivity index (χ2v) is 6.54. The molecule has 0 saturated heterocycles. The summed E-state index contributed by atoms with van der Waals surface area (Å²) in [5.41, 5.74) is 4.29. The van der Waals surface area contributed by atoms with Crippen molar-refractivity contribution in [3.63, 3.8) is 0 Å². The number of carbonyl (C=O) groups excluding carboxylic acids is 2. The molecular weight excluding hydrogens is 306 g/mol. The fourth-order valence-electron chi connectivity index (χ4n) is 3.37. The summed E-state index contributed by atoms with van der Waals surface area (Å²) in [4.78, 5) is 25.8. The van der Waals surface area contributed by atoms with Gasteiger partial charge in [-0.15, -0.1) is 0 Å². The molecule has 2 amide bonds. The molecule has 24 heavy (non-hydrogen) atoms. The van der Waals surface area contributed by atoms with Crippen molar-refractivity contribution in [2.45, 2.75) is 33.1 Å². The van der Waals surface area contributed by atoms with E-state index < -0.39 is 0 Å². The van der Waals surface area contributed by atoms with Crippen LogP contribution in [0, 0.1) is 11.8 Å². The predicted molar refractivity (Wildman–Crippen MR) is 92.0 cm³/mol. The third-order valence-corrected chi connectivity index (χ3v) is 4.70. The van der Waals surface area contributed by atoms with Crippen molar-refractivity contribution in [2.24, 2.45) is 16.9 Å². The zero-order chi connectivity index (χ0) is 17.1. The van der Waals surface area contributed by atoms with Crippen LogP contribution in [-0.2, 0) is 9.59 Å². The van der Waals surface area contributed by atoms with Gasteiger partial charge in [0.05, 0.1) is 5.69 Å². The summed E-state index contributed by atoms with van der Waals surface area (Å²) in [5, 5.41) is 4.34. The number of anilines is 1. The Kier molecular flexibility index (Phi) is 4.83. The molecule has 1 heterocycles. The van der Waals surface area contributed by atoms with Gasteiger partial charge < -0.3 is 4.74 Å². The summed E-state index contributed by atoms with van der Waals surface area (Å²) in [6.07, 6.45) is 3.41. The van der Waals surface area contributed by atoms with Crippen LogP contribution in [0.15, 0.2) is 29.4 Å². The second kappa shape index (κ2) is 7.03. The number of benzene rings is 1. The predicted octanol–water partition coefficient (Wildman–Crippen LogP) is 2.34. The van der Waals surface area contributed by atoms with Crippen molar-refractivity contribution < 1.29 is 14.3 Å². The number of ether oxygens (including phenoxy) is 1. The summed E-state index contributed by atoms with van der Waals surface area (Å²) in [5.74, 6) is 0.874. The lowest BCUT2D eigenvalue weighted by atomic mass is 9.81. The van der Waals surface area contributed by atoms with Gasteiger partial charge in [0.2, 0.25) is 0 Å². The summed E-state index contributed by atoms with van der Waals surface area (Å²) in [7, 11) is 0. The maximum absolute atomic E-state index is 12.3. The molecule has 0 spiro atoms. The van der Waals surface area contributed by atoms with Crippen molar-refractivity contribution in [1.29, 1.82) is 0 Å². The fraction of sp³-hybridized carbons (Fsp3) is 0.500. The fourth-order valence-corrected chi connectivity index (χ4v) is 3.37. The summed E-state index contributed by atoms with van der Waals surface area (Å²) >= 11 is 0. The van der Waals surface area contributed by atoms with Gasteiger partial charge >= 0.3 is 0 Å². The average molecular weight is 329 g/mol. The summed E-state index contributed by atoms with van der Waals surface area (Å²) in [6, 6.07) is 7.22. The molecule has 0 radical (unpaired) electrons. The smallest absolute Gasteiger partial charge is 0.265 e. The number of fused-ring (bicyclic) bond motifs is 1. The molecule has 1 saturated carbocycles. The maximum Gasteiger partial charge on any atom is 0.265 e. The van der Waals surface area contributed by atoms with E-state index in [1.54, 1.807) is 12.1 Å². The van der Waals surface area contributed by atoms with Gasteiger partial charge in [-0.25, -0.2) is 5.43 Å². The van der Waals surface area contributed by atoms with Gasteiger partial charge in [-0.3, -0.25) is 14.5 Å². The van der Waals surface area contributed by atoms with Gasteiger partial charge in [0.15, 0.2) is 6.61 Å². The minimum Gasteiger partial charge on any atom is -0.482 e. The van der Waals surface area contributed by atoms with Crippen LogP contribution >= 0.6 is 0 Å². The minimum atomic E-state index is -0.294. The van der Waals surface area contributed by atoms with E-state index in [4.69, 9.17) is 4.74 Å². The lowest BCUT2D eigenvalue weighted by Gasteiger charge is -2.29. The molecule has 6 nitrogen and oxygen atoms in total. The Hall–Kier alpha value is -2.37. The third kappa shape index (κ3) is 3.42. The van der Waals surface area contributed by atoms with Gasteiger partial charge in [0, 0.05) is 5.71 Å². The van der Waals surface area contributed by atoms with Crippen LogP contribution in [0.5, 0.6) is 5.75 Å². The first-order chi connectivity index (χ1) is 11.6. The van der Waals surface area contributed by atoms with Gasteiger partial charge in [-0.1, -0.05) is 32.4 Å². The van der Waals surface area contributed by atoms with E-state index >= 15 is 0 Å². The van der Waals surface area contributed by atoms with Crippen LogP contribution in [0.3, 0.4) is 0 Å². The molecule has 0 bridgehead atoms. The Morgan fingerprint density at radius 1 is 1.29 bits per heavy atom. The lowest BCUT2D eigenvalue weighted by Crippen LogP contribution is -2.44. The van der Waals surface area contributed by atoms with Crippen molar-refractivity contribution in [3.05, 3.63) is 24.3 Å². The monoisotopic (exact) mass is 329 g/mol. The van der Waals surface area contributed by atoms with Crippen molar-refractivity contribution in [1.82, 2.24) is 5.43 Å². The van der Waals surface area contributed by atoms with Crippen LogP contribution in [0.1, 0.15) is 33.1 Å². The number of rotatable bonds is 3. The van der Waals surface area contributed by atoms with Gasteiger partial charge in [0.1, 0.15) is 12.3 Å². The first kappa shape index (κ1) is 16.5. The minimum absolute atomic E-state index is 0.0487. The van der Waals surface area contributed by atoms with E-state index in [-0.39, 0.29) is 25.0 Å². The Bertz CT molecular complexity index is 659. The van der Waals surface area contributed by atoms with E-state index in [1.807, 2.05) is 12.1 Å². The van der Waals surface area contributed by atoms with Gasteiger partial charge in [0.25, 0.3) is 11.8 Å². The highest BCUT2D eigenvalue weighted by molar-refractivity contribution is 6.02. The maximum atomic E-state index is 12.3. The lowest BCUT2D eigenvalue weighted by molar-refractivity contribution is -0.125. The summed E-state index contributed by atoms with van der Waals surface area (Å²) in [6.45, 7) is 4.18. The normalized spacial score (nSPS) is 25.2. The second-order valence-electron chi connectivity index (χ2n) is 6.54. The van der Waals surface area contributed by atoms with E-state index in [1.165, 1.54) is 11.3 Å². The van der Waals surface area contributed by atoms with Crippen molar-refractivity contribution in [3.8, 4) is 5.75 Å². The molecule has 3 rings (SSSR count). The number of amides is 2. The van der Waals surface area contributed by atoms with E-state index in [2.05, 4.69) is 24.4 Å². The zero-order valence-corrected chi connectivity index (χ0v) is 14.1. The number of hydrogen-bond donors (Lipinski definition) is 1. The molecule has 0 aromatic heterocycles. The highest BCUT2D eigenvalue weighted by Gasteiger charge is 2.27. The topological polar surface area (TPSA) is 71.0 Å². The molecule has 1 fully saturated rings. The number of hydrazone groups is 1. The number of carbonyl (C=O) groups is 2. The third-order valence-electron chi connectivity index (χ3n) is 4.70. The van der Waals surface area contributed by atoms with Crippen molar-refractivity contribution >= 4 is 23.2 Å². The Morgan fingerprint density at radius 2 is 2.00 bits per heavy atom. The van der Waals surface area contributed by atoms with Crippen molar-refractivity contribution in [2.75, 3.05) is 18.1 Å². The van der Waals surface area contributed by atoms with Crippen LogP contribution in [0.2, 0.25) is 0 Å². The highest BCUT2D eigenvalue weighted by Crippen LogP contribution is 2.31. The van der Waals surface area contributed by atoms with Crippen LogP contribution in [0.25, 0.3) is 0 Å². The number of para-hydroxylation sites is 2. The molecule has 1 aliphatic carbocycles. The Labute approximate surface area is 141 Å². The van der Waals surface area contributed by atoms with Crippen LogP contribution < -0.4 is 15.1 Å². The standard InChI is InChI=1S/C18H23N3O3/c1-12-6-5-7-13(2)18(12)20-19-16(22)10-21-14-8-3-4-9-15(14)24-11-17(21)23/h3-4,8-9,12-13H,5-7,10-11H2,1-2H3,(H,19,22)/t12-,13+. The first-order valence-corrected chi connectivity index (χ1v) is 8.44. The molecule has 6 heteroatoms. The zero-order valence-electron chi connectivity index (χ0n) is 14.1. The Balaban J connectivity index is 1.68. The molecule has 1 aromatic rings. The molecule has 0 unspecified atom stereocenters. The quantitative estimate of drug-likeness (QED) is 0.865. The van der Waals surface area contributed by atoms with Crippen LogP contribution in [0.4, 0.5) is 5.69 Å². The average Bonchev–Trinajstić information content (AvgIpc) is 2.57.